The van der Waals surface area contributed by atoms with E-state index in [9.17, 15) is 0 Å². The summed E-state index contributed by atoms with van der Waals surface area (Å²) in [4.78, 5) is 11.1. The standard InChI is InChI=1S/C15H21N5/c1-11-5-4-6-19(9-11)14-8-15(17-10-16-14)20-13(3)7-12(2)18-20/h7-8,10-11H,4-6,9H2,1-3H3. The molecule has 106 valence electrons. The molecule has 1 aliphatic rings. The molecule has 5 nitrogen and oxygen atoms in total. The van der Waals surface area contributed by atoms with Gasteiger partial charge in [-0.2, -0.15) is 5.10 Å². The van der Waals surface area contributed by atoms with Crippen molar-refractivity contribution in [3.8, 4) is 5.82 Å². The van der Waals surface area contributed by atoms with E-state index >= 15 is 0 Å². The van der Waals surface area contributed by atoms with Gasteiger partial charge in [-0.05, 0) is 38.7 Å². The van der Waals surface area contributed by atoms with Crippen LogP contribution in [-0.4, -0.2) is 32.8 Å². The minimum atomic E-state index is 0.732. The van der Waals surface area contributed by atoms with Gasteiger partial charge in [0, 0.05) is 24.8 Å². The highest BCUT2D eigenvalue weighted by molar-refractivity contribution is 5.44. The normalized spacial score (nSPS) is 19.4. The lowest BCUT2D eigenvalue weighted by atomic mass is 10.0. The van der Waals surface area contributed by atoms with E-state index in [-0.39, 0.29) is 0 Å². The molecule has 0 saturated carbocycles. The molecule has 3 rings (SSSR count). The summed E-state index contributed by atoms with van der Waals surface area (Å²) >= 11 is 0. The molecule has 5 heteroatoms. The highest BCUT2D eigenvalue weighted by Gasteiger charge is 2.18. The maximum absolute atomic E-state index is 4.49. The first-order valence-corrected chi connectivity index (χ1v) is 7.24. The Balaban J connectivity index is 1.91. The highest BCUT2D eigenvalue weighted by Crippen LogP contribution is 2.22. The van der Waals surface area contributed by atoms with Crippen LogP contribution in [0, 0.1) is 19.8 Å². The van der Waals surface area contributed by atoms with Crippen molar-refractivity contribution in [2.24, 2.45) is 5.92 Å². The van der Waals surface area contributed by atoms with Crippen molar-refractivity contribution in [1.29, 1.82) is 0 Å². The molecule has 1 fully saturated rings. The second-order valence-electron chi connectivity index (χ2n) is 5.77. The lowest BCUT2D eigenvalue weighted by Crippen LogP contribution is -2.34. The van der Waals surface area contributed by atoms with Gasteiger partial charge in [0.25, 0.3) is 0 Å². The molecule has 20 heavy (non-hydrogen) atoms. The highest BCUT2D eigenvalue weighted by atomic mass is 15.3. The minimum absolute atomic E-state index is 0.732. The Morgan fingerprint density at radius 1 is 1.15 bits per heavy atom. The number of hydrogen-bond donors (Lipinski definition) is 0. The lowest BCUT2D eigenvalue weighted by molar-refractivity contribution is 0.444. The Bertz CT molecular complexity index is 604. The van der Waals surface area contributed by atoms with E-state index in [1.807, 2.05) is 24.6 Å². The van der Waals surface area contributed by atoms with Crippen LogP contribution in [0.15, 0.2) is 18.5 Å². The number of hydrogen-bond acceptors (Lipinski definition) is 4. The molecule has 2 aromatic rings. The Labute approximate surface area is 119 Å². The van der Waals surface area contributed by atoms with Crippen LogP contribution in [0.2, 0.25) is 0 Å². The Morgan fingerprint density at radius 2 is 1.95 bits per heavy atom. The largest absolute Gasteiger partial charge is 0.356 e. The fraction of sp³-hybridized carbons (Fsp3) is 0.533. The molecular weight excluding hydrogens is 250 g/mol. The molecule has 0 amide bonds. The fourth-order valence-corrected chi connectivity index (χ4v) is 2.88. The van der Waals surface area contributed by atoms with Crippen LogP contribution >= 0.6 is 0 Å². The molecule has 0 aliphatic carbocycles. The maximum atomic E-state index is 4.49. The summed E-state index contributed by atoms with van der Waals surface area (Å²) in [6.45, 7) is 8.50. The number of nitrogens with zero attached hydrogens (tertiary/aromatic N) is 5. The first-order chi connectivity index (χ1) is 9.63. The SMILES string of the molecule is Cc1cc(C)n(-c2cc(N3CCCC(C)C3)ncn2)n1. The summed E-state index contributed by atoms with van der Waals surface area (Å²) in [5.74, 6) is 2.59. The molecule has 1 aliphatic heterocycles. The molecule has 0 bridgehead atoms. The van der Waals surface area contributed by atoms with Gasteiger partial charge in [-0.1, -0.05) is 6.92 Å². The molecule has 3 heterocycles. The second-order valence-corrected chi connectivity index (χ2v) is 5.77. The smallest absolute Gasteiger partial charge is 0.159 e. The van der Waals surface area contributed by atoms with Gasteiger partial charge in [0.2, 0.25) is 0 Å². The third-order valence-corrected chi connectivity index (χ3v) is 3.85. The zero-order chi connectivity index (χ0) is 14.1. The Hall–Kier alpha value is -1.91. The van der Waals surface area contributed by atoms with Gasteiger partial charge in [0.15, 0.2) is 5.82 Å². The molecule has 0 radical (unpaired) electrons. The van der Waals surface area contributed by atoms with Crippen LogP contribution in [0.4, 0.5) is 5.82 Å². The molecular formula is C15H21N5. The van der Waals surface area contributed by atoms with Crippen LogP contribution in [0.25, 0.3) is 5.82 Å². The van der Waals surface area contributed by atoms with E-state index in [0.717, 1.165) is 42.0 Å². The average Bonchev–Trinajstić information content (AvgIpc) is 2.78. The van der Waals surface area contributed by atoms with Gasteiger partial charge in [-0.3, -0.25) is 0 Å². The summed E-state index contributed by atoms with van der Waals surface area (Å²) in [5, 5.41) is 4.49. The minimum Gasteiger partial charge on any atom is -0.356 e. The van der Waals surface area contributed by atoms with Crippen molar-refractivity contribution in [3.05, 3.63) is 29.8 Å². The summed E-state index contributed by atoms with van der Waals surface area (Å²) in [6.07, 6.45) is 4.19. The van der Waals surface area contributed by atoms with Crippen LogP contribution in [0.1, 0.15) is 31.2 Å². The molecule has 0 aromatic carbocycles. The molecule has 1 unspecified atom stereocenters. The summed E-state index contributed by atoms with van der Waals surface area (Å²) in [5.41, 5.74) is 2.11. The number of aromatic nitrogens is 4. The van der Waals surface area contributed by atoms with E-state index < -0.39 is 0 Å². The first kappa shape index (κ1) is 13.1. The Morgan fingerprint density at radius 3 is 2.65 bits per heavy atom. The van der Waals surface area contributed by atoms with Gasteiger partial charge >= 0.3 is 0 Å². The summed E-state index contributed by atoms with van der Waals surface area (Å²) < 4.78 is 1.88. The number of piperidine rings is 1. The average molecular weight is 271 g/mol. The van der Waals surface area contributed by atoms with E-state index in [2.05, 4.69) is 33.0 Å². The predicted octanol–water partition coefficient (Wildman–Crippen LogP) is 2.52. The van der Waals surface area contributed by atoms with Crippen molar-refractivity contribution in [1.82, 2.24) is 19.7 Å². The molecule has 1 atom stereocenters. The number of rotatable bonds is 2. The van der Waals surface area contributed by atoms with Crippen LogP contribution in [-0.2, 0) is 0 Å². The van der Waals surface area contributed by atoms with Crippen molar-refractivity contribution >= 4 is 5.82 Å². The van der Waals surface area contributed by atoms with Gasteiger partial charge in [0.05, 0.1) is 5.69 Å². The van der Waals surface area contributed by atoms with Crippen molar-refractivity contribution < 1.29 is 0 Å². The van der Waals surface area contributed by atoms with Crippen LogP contribution < -0.4 is 4.90 Å². The quantitative estimate of drug-likeness (QED) is 0.842. The third kappa shape index (κ3) is 2.53. The number of anilines is 1. The van der Waals surface area contributed by atoms with Gasteiger partial charge in [0.1, 0.15) is 12.1 Å². The molecule has 0 spiro atoms. The van der Waals surface area contributed by atoms with E-state index in [1.54, 1.807) is 6.33 Å². The van der Waals surface area contributed by atoms with E-state index in [1.165, 1.54) is 12.8 Å². The van der Waals surface area contributed by atoms with Crippen molar-refractivity contribution in [2.75, 3.05) is 18.0 Å². The maximum Gasteiger partial charge on any atom is 0.159 e. The van der Waals surface area contributed by atoms with Crippen molar-refractivity contribution in [3.63, 3.8) is 0 Å². The lowest BCUT2D eigenvalue weighted by Gasteiger charge is -2.31. The zero-order valence-electron chi connectivity index (χ0n) is 12.4. The predicted molar refractivity (Wildman–Crippen MR) is 79.2 cm³/mol. The summed E-state index contributed by atoms with van der Waals surface area (Å²) in [7, 11) is 0. The van der Waals surface area contributed by atoms with Gasteiger partial charge < -0.3 is 4.90 Å². The van der Waals surface area contributed by atoms with E-state index in [0.29, 0.717) is 0 Å². The molecule has 2 aromatic heterocycles. The third-order valence-electron chi connectivity index (χ3n) is 3.85. The second kappa shape index (κ2) is 5.23. The monoisotopic (exact) mass is 271 g/mol. The topological polar surface area (TPSA) is 46.8 Å². The van der Waals surface area contributed by atoms with Gasteiger partial charge in [-0.15, -0.1) is 0 Å². The first-order valence-electron chi connectivity index (χ1n) is 7.24. The van der Waals surface area contributed by atoms with Crippen LogP contribution in [0.3, 0.4) is 0 Å². The molecule has 0 N–H and O–H groups in total. The zero-order valence-corrected chi connectivity index (χ0v) is 12.4. The van der Waals surface area contributed by atoms with E-state index in [4.69, 9.17) is 0 Å². The molecule has 1 saturated heterocycles. The number of aryl methyl sites for hydroxylation is 2. The van der Waals surface area contributed by atoms with Crippen LogP contribution in [0.5, 0.6) is 0 Å². The fourth-order valence-electron chi connectivity index (χ4n) is 2.88. The van der Waals surface area contributed by atoms with Gasteiger partial charge in [-0.25, -0.2) is 14.6 Å². The Kier molecular flexibility index (Phi) is 3.42. The summed E-state index contributed by atoms with van der Waals surface area (Å²) in [6, 6.07) is 4.10. The van der Waals surface area contributed by atoms with Crippen molar-refractivity contribution in [2.45, 2.75) is 33.6 Å².